The molecule has 2 heteroatoms. The van der Waals surface area contributed by atoms with E-state index in [1.807, 2.05) is 0 Å². The number of methoxy groups -OCH3 is 1. The fraction of sp³-hybridized carbons (Fsp3) is 0.684. The van der Waals surface area contributed by atoms with E-state index >= 15 is 0 Å². The lowest BCUT2D eigenvalue weighted by Crippen LogP contribution is -2.25. The van der Waals surface area contributed by atoms with Gasteiger partial charge in [0.05, 0.1) is 7.11 Å². The normalized spacial score (nSPS) is 12.6. The van der Waals surface area contributed by atoms with Crippen LogP contribution in [0, 0.1) is 5.82 Å². The summed E-state index contributed by atoms with van der Waals surface area (Å²) >= 11 is 0. The first-order valence-corrected chi connectivity index (χ1v) is 8.20. The van der Waals surface area contributed by atoms with Crippen molar-refractivity contribution < 1.29 is 9.13 Å². The molecule has 0 radical (unpaired) electrons. The highest BCUT2D eigenvalue weighted by Gasteiger charge is 2.32. The first-order chi connectivity index (χ1) is 9.81. The fourth-order valence-electron chi connectivity index (χ4n) is 2.94. The highest BCUT2D eigenvalue weighted by Crippen LogP contribution is 2.42. The zero-order valence-electron chi connectivity index (χ0n) is 14.8. The Labute approximate surface area is 129 Å². The van der Waals surface area contributed by atoms with Crippen molar-refractivity contribution in [1.82, 2.24) is 0 Å². The van der Waals surface area contributed by atoms with E-state index in [2.05, 4.69) is 47.6 Å². The summed E-state index contributed by atoms with van der Waals surface area (Å²) in [5, 5.41) is 0. The Bertz CT molecular complexity index is 471. The second-order valence-corrected chi connectivity index (χ2v) is 6.57. The maximum atomic E-state index is 14.9. The van der Waals surface area contributed by atoms with Crippen molar-refractivity contribution in [3.63, 3.8) is 0 Å². The van der Waals surface area contributed by atoms with Gasteiger partial charge in [-0.1, -0.05) is 41.5 Å². The summed E-state index contributed by atoms with van der Waals surface area (Å²) in [6, 6.07) is 3.78. The molecule has 0 atom stereocenters. The maximum Gasteiger partial charge on any atom is 0.130 e. The van der Waals surface area contributed by atoms with Gasteiger partial charge in [-0.2, -0.15) is 0 Å². The third kappa shape index (κ3) is 3.25. The Morgan fingerprint density at radius 3 is 1.76 bits per heavy atom. The topological polar surface area (TPSA) is 9.23 Å². The van der Waals surface area contributed by atoms with Crippen LogP contribution in [-0.2, 0) is 10.8 Å². The van der Waals surface area contributed by atoms with Crippen LogP contribution in [0.2, 0.25) is 0 Å². The third-order valence-electron chi connectivity index (χ3n) is 5.70. The Morgan fingerprint density at radius 2 is 1.38 bits per heavy atom. The van der Waals surface area contributed by atoms with Crippen molar-refractivity contribution in [2.45, 2.75) is 78.1 Å². The summed E-state index contributed by atoms with van der Waals surface area (Å²) < 4.78 is 20.5. The Hall–Kier alpha value is -1.05. The van der Waals surface area contributed by atoms with Gasteiger partial charge in [0.25, 0.3) is 0 Å². The second-order valence-electron chi connectivity index (χ2n) is 6.57. The lowest BCUT2D eigenvalue weighted by molar-refractivity contribution is 0.354. The van der Waals surface area contributed by atoms with Gasteiger partial charge in [-0.15, -0.1) is 0 Å². The monoisotopic (exact) mass is 294 g/mol. The number of rotatable bonds is 7. The van der Waals surface area contributed by atoms with Crippen molar-refractivity contribution >= 4 is 0 Å². The summed E-state index contributed by atoms with van der Waals surface area (Å²) in [5.41, 5.74) is 1.60. The predicted octanol–water partition coefficient (Wildman–Crippen LogP) is 5.99. The molecule has 0 aliphatic carbocycles. The SMILES string of the molecule is CCC(C)(CC)c1cc(F)c(C(C)(CC)CC)c(OC)c1. The number of halogens is 1. The minimum Gasteiger partial charge on any atom is -0.496 e. The molecule has 0 N–H and O–H groups in total. The highest BCUT2D eigenvalue weighted by atomic mass is 19.1. The quantitative estimate of drug-likeness (QED) is 0.600. The summed E-state index contributed by atoms with van der Waals surface area (Å²) in [5.74, 6) is 0.577. The molecule has 0 aliphatic heterocycles. The third-order valence-corrected chi connectivity index (χ3v) is 5.70. The van der Waals surface area contributed by atoms with Crippen LogP contribution in [0.1, 0.15) is 78.4 Å². The zero-order chi connectivity index (χ0) is 16.3. The van der Waals surface area contributed by atoms with E-state index in [4.69, 9.17) is 4.74 Å². The first kappa shape index (κ1) is 18.0. The predicted molar refractivity (Wildman–Crippen MR) is 88.8 cm³/mol. The highest BCUT2D eigenvalue weighted by molar-refractivity contribution is 5.45. The zero-order valence-corrected chi connectivity index (χ0v) is 14.8. The molecular formula is C19H31FO. The van der Waals surface area contributed by atoms with E-state index in [-0.39, 0.29) is 16.6 Å². The van der Waals surface area contributed by atoms with E-state index in [0.29, 0.717) is 5.75 Å². The fourth-order valence-corrected chi connectivity index (χ4v) is 2.94. The molecule has 0 aliphatic rings. The van der Waals surface area contributed by atoms with Crippen molar-refractivity contribution in [3.8, 4) is 5.75 Å². The van der Waals surface area contributed by atoms with Crippen LogP contribution < -0.4 is 4.74 Å². The molecule has 0 bridgehead atoms. The summed E-state index contributed by atoms with van der Waals surface area (Å²) in [4.78, 5) is 0. The number of hydrogen-bond donors (Lipinski definition) is 0. The molecule has 0 amide bonds. The van der Waals surface area contributed by atoms with Crippen LogP contribution in [0.3, 0.4) is 0 Å². The number of hydrogen-bond acceptors (Lipinski definition) is 1. The van der Waals surface area contributed by atoms with E-state index < -0.39 is 0 Å². The van der Waals surface area contributed by atoms with Gasteiger partial charge in [0.2, 0.25) is 0 Å². The smallest absolute Gasteiger partial charge is 0.130 e. The molecule has 0 unspecified atom stereocenters. The van der Waals surface area contributed by atoms with Crippen molar-refractivity contribution in [2.75, 3.05) is 7.11 Å². The molecule has 0 spiro atoms. The van der Waals surface area contributed by atoms with E-state index in [1.165, 1.54) is 0 Å². The van der Waals surface area contributed by atoms with Crippen molar-refractivity contribution in [2.24, 2.45) is 0 Å². The number of benzene rings is 1. The van der Waals surface area contributed by atoms with Crippen molar-refractivity contribution in [1.29, 1.82) is 0 Å². The molecule has 1 aromatic rings. The second kappa shape index (κ2) is 6.81. The molecule has 0 fully saturated rings. The van der Waals surface area contributed by atoms with E-state index in [1.54, 1.807) is 13.2 Å². The largest absolute Gasteiger partial charge is 0.496 e. The molecule has 0 saturated carbocycles. The summed E-state index contributed by atoms with van der Waals surface area (Å²) in [7, 11) is 1.64. The molecule has 120 valence electrons. The van der Waals surface area contributed by atoms with Gasteiger partial charge in [-0.25, -0.2) is 4.39 Å². The molecular weight excluding hydrogens is 263 g/mol. The molecule has 0 heterocycles. The van der Waals surface area contributed by atoms with Crippen LogP contribution in [0.25, 0.3) is 0 Å². The van der Waals surface area contributed by atoms with Gasteiger partial charge < -0.3 is 4.74 Å². The number of ether oxygens (including phenoxy) is 1. The summed E-state index contributed by atoms with van der Waals surface area (Å²) in [6.45, 7) is 12.8. The molecule has 1 rings (SSSR count). The summed E-state index contributed by atoms with van der Waals surface area (Å²) in [6.07, 6.45) is 3.78. The van der Waals surface area contributed by atoms with Gasteiger partial charge in [-0.3, -0.25) is 0 Å². The molecule has 0 saturated heterocycles. The van der Waals surface area contributed by atoms with Gasteiger partial charge in [-0.05, 0) is 54.2 Å². The average Bonchev–Trinajstić information content (AvgIpc) is 2.52. The van der Waals surface area contributed by atoms with Crippen LogP contribution >= 0.6 is 0 Å². The van der Waals surface area contributed by atoms with Gasteiger partial charge >= 0.3 is 0 Å². The lowest BCUT2D eigenvalue weighted by Gasteiger charge is -2.33. The molecule has 1 aromatic carbocycles. The average molecular weight is 294 g/mol. The standard InChI is InChI=1S/C19H31FO/c1-8-18(5,9-2)14-12-15(20)17(16(13-14)21-7)19(6,10-3)11-4/h12-13H,8-11H2,1-7H3. The molecule has 0 aromatic heterocycles. The minimum atomic E-state index is -0.178. The Kier molecular flexibility index (Phi) is 5.83. The molecule has 1 nitrogen and oxygen atoms in total. The van der Waals surface area contributed by atoms with E-state index in [9.17, 15) is 4.39 Å². The lowest BCUT2D eigenvalue weighted by atomic mass is 9.73. The van der Waals surface area contributed by atoms with Crippen molar-refractivity contribution in [3.05, 3.63) is 29.1 Å². The van der Waals surface area contributed by atoms with Gasteiger partial charge in [0, 0.05) is 5.56 Å². The minimum absolute atomic E-state index is 0.00147. The van der Waals surface area contributed by atoms with Crippen LogP contribution in [0.5, 0.6) is 5.75 Å². The van der Waals surface area contributed by atoms with Gasteiger partial charge in [0.15, 0.2) is 0 Å². The Balaban J connectivity index is 3.53. The van der Waals surface area contributed by atoms with Crippen LogP contribution in [-0.4, -0.2) is 7.11 Å². The molecule has 21 heavy (non-hydrogen) atoms. The van der Waals surface area contributed by atoms with Gasteiger partial charge in [0.1, 0.15) is 11.6 Å². The van der Waals surface area contributed by atoms with Crippen LogP contribution in [0.15, 0.2) is 12.1 Å². The Morgan fingerprint density at radius 1 is 0.905 bits per heavy atom. The van der Waals surface area contributed by atoms with Crippen LogP contribution in [0.4, 0.5) is 4.39 Å². The van der Waals surface area contributed by atoms with E-state index in [0.717, 1.165) is 36.8 Å². The maximum absolute atomic E-state index is 14.9. The first-order valence-electron chi connectivity index (χ1n) is 8.20.